The summed E-state index contributed by atoms with van der Waals surface area (Å²) >= 11 is 0. The highest BCUT2D eigenvalue weighted by atomic mass is 16.5. The van der Waals surface area contributed by atoms with Crippen LogP contribution in [0.4, 0.5) is 0 Å². The Morgan fingerprint density at radius 2 is 1.76 bits per heavy atom. The van der Waals surface area contributed by atoms with Crippen molar-refractivity contribution >= 4 is 33.7 Å². The van der Waals surface area contributed by atoms with Crippen molar-refractivity contribution in [2.24, 2.45) is 5.92 Å². The Labute approximate surface area is 196 Å². The number of aromatic nitrogens is 4. The van der Waals surface area contributed by atoms with Crippen LogP contribution < -0.4 is 4.74 Å². The summed E-state index contributed by atoms with van der Waals surface area (Å²) in [6.45, 7) is 9.53. The summed E-state index contributed by atoms with van der Waals surface area (Å²) in [5.41, 5.74) is 3.66. The van der Waals surface area contributed by atoms with E-state index >= 15 is 0 Å². The van der Waals surface area contributed by atoms with Crippen molar-refractivity contribution in [2.45, 2.75) is 85.6 Å². The number of rotatable bonds is 11. The first kappa shape index (κ1) is 23.3. The standard InChI is InChI=1S/C27H36N4O2/c1-5-7-9-15-23-29-26-25(27-28-20-13-11-12-14-21(20)31(23)27)22(18-30(26)17-19(3)4)33-24(32)16-10-8-6-2/h11-14,18-19H,5-10,15-17H2,1-4H3. The second-order valence-electron chi connectivity index (χ2n) is 9.41. The monoisotopic (exact) mass is 448 g/mol. The van der Waals surface area contributed by atoms with Gasteiger partial charge in [0.05, 0.1) is 11.0 Å². The van der Waals surface area contributed by atoms with Crippen LogP contribution in [0, 0.1) is 5.92 Å². The number of imidazole rings is 1. The molecule has 4 aromatic rings. The van der Waals surface area contributed by atoms with Crippen LogP contribution in [-0.4, -0.2) is 24.9 Å². The molecular formula is C27H36N4O2. The molecule has 3 heterocycles. The van der Waals surface area contributed by atoms with Crippen molar-refractivity contribution in [1.82, 2.24) is 18.9 Å². The molecule has 1 aromatic carbocycles. The Balaban J connectivity index is 1.90. The number of carbonyl (C=O) groups is 1. The fourth-order valence-corrected chi connectivity index (χ4v) is 4.48. The van der Waals surface area contributed by atoms with Gasteiger partial charge in [-0.15, -0.1) is 0 Å². The van der Waals surface area contributed by atoms with Crippen LogP contribution in [0.1, 0.15) is 78.5 Å². The molecule has 0 bridgehead atoms. The minimum Gasteiger partial charge on any atom is -0.424 e. The summed E-state index contributed by atoms with van der Waals surface area (Å²) < 4.78 is 10.2. The highest BCUT2D eigenvalue weighted by molar-refractivity contribution is 6.00. The molecule has 0 spiro atoms. The predicted octanol–water partition coefficient (Wildman–Crippen LogP) is 6.71. The average Bonchev–Trinajstić information content (AvgIpc) is 3.32. The number of hydrogen-bond donors (Lipinski definition) is 0. The maximum Gasteiger partial charge on any atom is 0.311 e. The number of para-hydroxylation sites is 2. The largest absolute Gasteiger partial charge is 0.424 e. The third kappa shape index (κ3) is 4.90. The van der Waals surface area contributed by atoms with E-state index in [1.54, 1.807) is 0 Å². The van der Waals surface area contributed by atoms with Crippen molar-refractivity contribution in [3.63, 3.8) is 0 Å². The Bertz CT molecular complexity index is 1250. The number of aryl methyl sites for hydroxylation is 1. The van der Waals surface area contributed by atoms with E-state index in [0.29, 0.717) is 18.1 Å². The summed E-state index contributed by atoms with van der Waals surface area (Å²) in [6, 6.07) is 8.17. The van der Waals surface area contributed by atoms with Gasteiger partial charge in [-0.2, -0.15) is 0 Å². The predicted molar refractivity (Wildman–Crippen MR) is 134 cm³/mol. The number of hydrogen-bond acceptors (Lipinski definition) is 4. The SMILES string of the molecule is CCCCCC(=O)Oc1cn(CC(C)C)c2nc(CCCCC)n3c4ccccc4nc3c12. The lowest BCUT2D eigenvalue weighted by Gasteiger charge is -2.10. The first-order valence-electron chi connectivity index (χ1n) is 12.5. The van der Waals surface area contributed by atoms with Gasteiger partial charge in [-0.3, -0.25) is 9.20 Å². The van der Waals surface area contributed by atoms with E-state index in [0.717, 1.165) is 78.6 Å². The van der Waals surface area contributed by atoms with E-state index in [1.807, 2.05) is 24.4 Å². The van der Waals surface area contributed by atoms with Gasteiger partial charge < -0.3 is 9.30 Å². The minimum atomic E-state index is -0.187. The molecule has 0 aliphatic rings. The van der Waals surface area contributed by atoms with Crippen LogP contribution >= 0.6 is 0 Å². The Morgan fingerprint density at radius 1 is 1.00 bits per heavy atom. The molecule has 6 heteroatoms. The molecular weight excluding hydrogens is 412 g/mol. The number of carbonyl (C=O) groups excluding carboxylic acids is 1. The van der Waals surface area contributed by atoms with Crippen molar-refractivity contribution in [3.8, 4) is 5.75 Å². The van der Waals surface area contributed by atoms with Gasteiger partial charge in [-0.25, -0.2) is 9.97 Å². The van der Waals surface area contributed by atoms with Crippen molar-refractivity contribution in [3.05, 3.63) is 36.3 Å². The van der Waals surface area contributed by atoms with E-state index in [2.05, 4.69) is 42.7 Å². The lowest BCUT2D eigenvalue weighted by molar-refractivity contribution is -0.134. The van der Waals surface area contributed by atoms with E-state index in [1.165, 1.54) is 6.42 Å². The smallest absolute Gasteiger partial charge is 0.311 e. The number of benzene rings is 1. The fraction of sp³-hybridized carbons (Fsp3) is 0.519. The molecule has 0 fully saturated rings. The summed E-state index contributed by atoms with van der Waals surface area (Å²) in [5, 5.41) is 0.829. The van der Waals surface area contributed by atoms with Gasteiger partial charge >= 0.3 is 5.97 Å². The normalized spacial score (nSPS) is 11.9. The van der Waals surface area contributed by atoms with E-state index in [4.69, 9.17) is 14.7 Å². The van der Waals surface area contributed by atoms with Crippen LogP contribution in [0.2, 0.25) is 0 Å². The van der Waals surface area contributed by atoms with E-state index in [-0.39, 0.29) is 5.97 Å². The van der Waals surface area contributed by atoms with E-state index < -0.39 is 0 Å². The molecule has 0 radical (unpaired) electrons. The van der Waals surface area contributed by atoms with Crippen LogP contribution in [-0.2, 0) is 17.8 Å². The van der Waals surface area contributed by atoms with Gasteiger partial charge in [0.2, 0.25) is 0 Å². The molecule has 0 saturated carbocycles. The van der Waals surface area contributed by atoms with Gasteiger partial charge in [0.25, 0.3) is 0 Å². The van der Waals surface area contributed by atoms with Crippen molar-refractivity contribution in [1.29, 1.82) is 0 Å². The summed E-state index contributed by atoms with van der Waals surface area (Å²) in [7, 11) is 0. The van der Waals surface area contributed by atoms with Gasteiger partial charge in [-0.05, 0) is 30.9 Å². The van der Waals surface area contributed by atoms with Gasteiger partial charge in [0, 0.05) is 25.6 Å². The molecule has 6 nitrogen and oxygen atoms in total. The second kappa shape index (κ2) is 10.4. The zero-order valence-corrected chi connectivity index (χ0v) is 20.4. The Morgan fingerprint density at radius 3 is 2.52 bits per heavy atom. The molecule has 0 atom stereocenters. The third-order valence-electron chi connectivity index (χ3n) is 6.07. The zero-order valence-electron chi connectivity index (χ0n) is 20.4. The maximum absolute atomic E-state index is 12.6. The number of ether oxygens (including phenoxy) is 1. The molecule has 0 saturated heterocycles. The zero-order chi connectivity index (χ0) is 23.4. The molecule has 0 N–H and O–H groups in total. The lowest BCUT2D eigenvalue weighted by Crippen LogP contribution is -2.08. The number of fused-ring (bicyclic) bond motifs is 5. The first-order valence-corrected chi connectivity index (χ1v) is 12.5. The third-order valence-corrected chi connectivity index (χ3v) is 6.07. The van der Waals surface area contributed by atoms with Crippen LogP contribution in [0.5, 0.6) is 5.75 Å². The molecule has 176 valence electrons. The second-order valence-corrected chi connectivity index (χ2v) is 9.41. The van der Waals surface area contributed by atoms with E-state index in [9.17, 15) is 4.79 Å². The van der Waals surface area contributed by atoms with Gasteiger partial charge in [0.1, 0.15) is 16.9 Å². The molecule has 0 amide bonds. The minimum absolute atomic E-state index is 0.187. The Hall–Kier alpha value is -2.89. The maximum atomic E-state index is 12.6. The summed E-state index contributed by atoms with van der Waals surface area (Å²) in [6.07, 6.45) is 9.64. The molecule has 0 aliphatic carbocycles. The van der Waals surface area contributed by atoms with Crippen LogP contribution in [0.25, 0.3) is 27.7 Å². The average molecular weight is 449 g/mol. The summed E-state index contributed by atoms with van der Waals surface area (Å²) in [5.74, 6) is 1.84. The van der Waals surface area contributed by atoms with Crippen molar-refractivity contribution < 1.29 is 9.53 Å². The molecule has 0 aliphatic heterocycles. The molecule has 3 aromatic heterocycles. The molecule has 4 rings (SSSR count). The van der Waals surface area contributed by atoms with Gasteiger partial charge in [-0.1, -0.05) is 65.5 Å². The lowest BCUT2D eigenvalue weighted by atomic mass is 10.2. The number of unbranched alkanes of at least 4 members (excludes halogenated alkanes) is 4. The summed E-state index contributed by atoms with van der Waals surface area (Å²) in [4.78, 5) is 22.8. The first-order chi connectivity index (χ1) is 16.0. The number of nitrogens with zero attached hydrogens (tertiary/aromatic N) is 4. The van der Waals surface area contributed by atoms with Crippen LogP contribution in [0.15, 0.2) is 30.5 Å². The van der Waals surface area contributed by atoms with Crippen molar-refractivity contribution in [2.75, 3.05) is 0 Å². The van der Waals surface area contributed by atoms with Gasteiger partial charge in [0.15, 0.2) is 11.4 Å². The fourth-order valence-electron chi connectivity index (χ4n) is 4.48. The van der Waals surface area contributed by atoms with Crippen LogP contribution in [0.3, 0.4) is 0 Å². The quantitative estimate of drug-likeness (QED) is 0.189. The molecule has 33 heavy (non-hydrogen) atoms. The highest BCUT2D eigenvalue weighted by Gasteiger charge is 2.22. The topological polar surface area (TPSA) is 61.4 Å². The number of esters is 1. The molecule has 0 unspecified atom stereocenters. The Kier molecular flexibility index (Phi) is 7.31. The highest BCUT2D eigenvalue weighted by Crippen LogP contribution is 2.34.